The van der Waals surface area contributed by atoms with E-state index in [0.717, 1.165) is 42.1 Å². The van der Waals surface area contributed by atoms with E-state index in [4.69, 9.17) is 5.14 Å². The maximum atomic E-state index is 12.7. The third kappa shape index (κ3) is 5.46. The van der Waals surface area contributed by atoms with Gasteiger partial charge < -0.3 is 10.2 Å². The Balaban J connectivity index is 0.00000392. The lowest BCUT2D eigenvalue weighted by Gasteiger charge is -2.28. The predicted octanol–water partition coefficient (Wildman–Crippen LogP) is 3.05. The Labute approximate surface area is 178 Å². The molecule has 0 aromatic heterocycles. The third-order valence-electron chi connectivity index (χ3n) is 4.78. The van der Waals surface area contributed by atoms with E-state index in [1.54, 1.807) is 11.8 Å². The smallest absolute Gasteiger partial charge is 0.296 e. The molecule has 1 aromatic rings. The van der Waals surface area contributed by atoms with Crippen LogP contribution in [-0.4, -0.2) is 39.4 Å². The summed E-state index contributed by atoms with van der Waals surface area (Å²) < 4.78 is 25.8. The fourth-order valence-electron chi connectivity index (χ4n) is 3.25. The second-order valence-corrected chi connectivity index (χ2v) is 10.2. The van der Waals surface area contributed by atoms with E-state index >= 15 is 0 Å². The molecule has 4 N–H and O–H groups in total. The summed E-state index contributed by atoms with van der Waals surface area (Å²) in [4.78, 5) is 15.0. The molecule has 2 rings (SSSR count). The van der Waals surface area contributed by atoms with Crippen molar-refractivity contribution in [2.45, 2.75) is 41.0 Å². The van der Waals surface area contributed by atoms with Crippen molar-refractivity contribution >= 4 is 57.3 Å². The van der Waals surface area contributed by atoms with Gasteiger partial charge in [0, 0.05) is 24.3 Å². The normalized spacial score (nSPS) is 13.8. The molecule has 160 valence electrons. The molecule has 1 heterocycles. The van der Waals surface area contributed by atoms with E-state index in [2.05, 4.69) is 21.2 Å². The second-order valence-electron chi connectivity index (χ2n) is 7.91. The molecule has 1 aromatic carbocycles. The van der Waals surface area contributed by atoms with Gasteiger partial charge in [-0.05, 0) is 43.2 Å². The van der Waals surface area contributed by atoms with Crippen molar-refractivity contribution in [2.24, 2.45) is 10.6 Å². The molecule has 1 aliphatic rings. The average Bonchev–Trinajstić information content (AvgIpc) is 2.95. The van der Waals surface area contributed by atoms with E-state index in [1.165, 1.54) is 0 Å². The number of carbonyl (C=O) groups excluding carboxylic acids is 1. The first-order valence-electron chi connectivity index (χ1n) is 8.88. The number of carbonyl (C=O) groups is 1. The molecular weight excluding hydrogens is 420 g/mol. The van der Waals surface area contributed by atoms with Crippen LogP contribution in [0.15, 0.2) is 0 Å². The van der Waals surface area contributed by atoms with Crippen LogP contribution in [0, 0.1) is 19.3 Å². The molecule has 1 amide bonds. The fraction of sp³-hybridized carbons (Fsp3) is 0.611. The van der Waals surface area contributed by atoms with Crippen LogP contribution in [0.5, 0.6) is 0 Å². The summed E-state index contributed by atoms with van der Waals surface area (Å²) in [5, 5.41) is 8.27. The second kappa shape index (κ2) is 9.11. The number of anilines is 3. The van der Waals surface area contributed by atoms with Gasteiger partial charge in [-0.25, -0.2) is 5.14 Å². The van der Waals surface area contributed by atoms with E-state index in [-0.39, 0.29) is 18.3 Å². The van der Waals surface area contributed by atoms with Crippen molar-refractivity contribution < 1.29 is 13.2 Å². The van der Waals surface area contributed by atoms with Crippen LogP contribution in [0.4, 0.5) is 17.1 Å². The van der Waals surface area contributed by atoms with Crippen molar-refractivity contribution in [2.75, 3.05) is 40.0 Å². The lowest BCUT2D eigenvalue weighted by Crippen LogP contribution is -2.30. The number of nitrogens with two attached hydrogens (primary N) is 1. The van der Waals surface area contributed by atoms with Gasteiger partial charge in [-0.2, -0.15) is 20.2 Å². The van der Waals surface area contributed by atoms with Gasteiger partial charge in [-0.3, -0.25) is 9.52 Å². The lowest BCUT2D eigenvalue weighted by molar-refractivity contribution is -0.123. The number of nitrogens with zero attached hydrogens (tertiary/aromatic N) is 1. The van der Waals surface area contributed by atoms with Gasteiger partial charge >= 0.3 is 0 Å². The van der Waals surface area contributed by atoms with Gasteiger partial charge in [0.2, 0.25) is 5.91 Å². The number of amides is 1. The van der Waals surface area contributed by atoms with E-state index in [1.807, 2.05) is 34.6 Å². The highest BCUT2D eigenvalue weighted by Crippen LogP contribution is 2.45. The van der Waals surface area contributed by atoms with Crippen LogP contribution in [-0.2, 0) is 21.4 Å². The zero-order valence-electron chi connectivity index (χ0n) is 17.3. The first-order valence-corrected chi connectivity index (χ1v) is 11.8. The number of hydrogen-bond donors (Lipinski definition) is 3. The van der Waals surface area contributed by atoms with E-state index in [9.17, 15) is 13.2 Å². The number of fused-ring (bicyclic) bond motifs is 1. The molecule has 10 heteroatoms. The van der Waals surface area contributed by atoms with E-state index in [0.29, 0.717) is 16.9 Å². The van der Waals surface area contributed by atoms with Gasteiger partial charge in [0.25, 0.3) is 10.2 Å². The average molecular weight is 451 g/mol. The highest BCUT2D eigenvalue weighted by Gasteiger charge is 2.31. The molecule has 1 aliphatic heterocycles. The summed E-state index contributed by atoms with van der Waals surface area (Å²) in [6.45, 7) is 11.0. The van der Waals surface area contributed by atoms with Crippen molar-refractivity contribution in [3.8, 4) is 0 Å². The molecule has 7 nitrogen and oxygen atoms in total. The van der Waals surface area contributed by atoms with Gasteiger partial charge in [0.15, 0.2) is 0 Å². The highest BCUT2D eigenvalue weighted by molar-refractivity contribution is 7.98. The number of halogens is 1. The Morgan fingerprint density at radius 1 is 1.21 bits per heavy atom. The molecule has 0 spiro atoms. The summed E-state index contributed by atoms with van der Waals surface area (Å²) >= 11 is 1.77. The Bertz CT molecular complexity index is 852. The number of hydrogen-bond acceptors (Lipinski definition) is 5. The number of nitrogens with one attached hydrogen (secondary N) is 2. The molecule has 0 fully saturated rings. The first kappa shape index (κ1) is 24.9. The number of thioether (sulfide) groups is 1. The lowest BCUT2D eigenvalue weighted by atomic mass is 9.94. The van der Waals surface area contributed by atoms with Gasteiger partial charge in [-0.1, -0.05) is 20.8 Å². The van der Waals surface area contributed by atoms with Crippen LogP contribution in [0.2, 0.25) is 0 Å². The minimum Gasteiger partial charge on any atom is -0.368 e. The summed E-state index contributed by atoms with van der Waals surface area (Å²) in [5.41, 5.74) is 4.13. The topological polar surface area (TPSA) is 105 Å². The molecule has 0 saturated carbocycles. The zero-order chi connectivity index (χ0) is 20.6. The van der Waals surface area contributed by atoms with Crippen molar-refractivity contribution in [1.82, 2.24) is 0 Å². The molecular formula is C18H31ClN4O3S2. The molecule has 0 bridgehead atoms. The van der Waals surface area contributed by atoms with Gasteiger partial charge in [0.1, 0.15) is 0 Å². The van der Waals surface area contributed by atoms with Crippen molar-refractivity contribution in [3.05, 3.63) is 16.7 Å². The van der Waals surface area contributed by atoms with Crippen LogP contribution >= 0.6 is 24.2 Å². The van der Waals surface area contributed by atoms with Gasteiger partial charge in [0.05, 0.1) is 17.1 Å². The first-order chi connectivity index (χ1) is 12.4. The van der Waals surface area contributed by atoms with Crippen LogP contribution in [0.3, 0.4) is 0 Å². The van der Waals surface area contributed by atoms with Gasteiger partial charge in [-0.15, -0.1) is 12.4 Å². The number of rotatable bonds is 6. The molecule has 0 atom stereocenters. The molecule has 0 radical (unpaired) electrons. The monoisotopic (exact) mass is 450 g/mol. The largest absolute Gasteiger partial charge is 0.368 e. The summed E-state index contributed by atoms with van der Waals surface area (Å²) in [5.74, 6) is 0.858. The quantitative estimate of drug-likeness (QED) is 0.617. The standard InChI is InChI=1S/C18H30N4O3S2.ClH/c1-11-13-7-8-22(9-10-26-6)16(13)15(20-17(23)18(3,4)5)12(2)14(11)21-27(19,24)25;/h21H,7-10H2,1-6H3,(H,20,23)(H2,19,24,25);1H. The Morgan fingerprint density at radius 3 is 2.32 bits per heavy atom. The third-order valence-corrected chi connectivity index (χ3v) is 5.86. The Morgan fingerprint density at radius 2 is 1.82 bits per heavy atom. The van der Waals surface area contributed by atoms with E-state index < -0.39 is 15.6 Å². The predicted molar refractivity (Wildman–Crippen MR) is 122 cm³/mol. The molecule has 0 aliphatic carbocycles. The Kier molecular flexibility index (Phi) is 8.09. The number of benzene rings is 1. The summed E-state index contributed by atoms with van der Waals surface area (Å²) in [6, 6.07) is 0. The summed E-state index contributed by atoms with van der Waals surface area (Å²) in [7, 11) is -3.92. The molecule has 28 heavy (non-hydrogen) atoms. The van der Waals surface area contributed by atoms with Crippen LogP contribution in [0.25, 0.3) is 0 Å². The minimum atomic E-state index is -3.92. The minimum absolute atomic E-state index is 0. The zero-order valence-corrected chi connectivity index (χ0v) is 19.8. The molecule has 0 unspecified atom stereocenters. The maximum Gasteiger partial charge on any atom is 0.296 e. The SMILES string of the molecule is CSCCN1CCc2c(C)c(NS(N)(=O)=O)c(C)c(NC(=O)C(C)(C)C)c21.Cl. The maximum absolute atomic E-state index is 12.7. The highest BCUT2D eigenvalue weighted by atomic mass is 35.5. The van der Waals surface area contributed by atoms with Crippen molar-refractivity contribution in [1.29, 1.82) is 0 Å². The summed E-state index contributed by atoms with van der Waals surface area (Å²) in [6.07, 6.45) is 2.86. The fourth-order valence-corrected chi connectivity index (χ4v) is 4.24. The Hall–Kier alpha value is -1.16. The van der Waals surface area contributed by atoms with Crippen molar-refractivity contribution in [3.63, 3.8) is 0 Å². The van der Waals surface area contributed by atoms with Crippen LogP contribution < -0.4 is 20.1 Å². The molecule has 0 saturated heterocycles. The van der Waals surface area contributed by atoms with Crippen LogP contribution in [0.1, 0.15) is 37.5 Å².